The predicted octanol–water partition coefficient (Wildman–Crippen LogP) is 2.18. The monoisotopic (exact) mass is 365 g/mol. The van der Waals surface area contributed by atoms with Gasteiger partial charge < -0.3 is 14.5 Å². The van der Waals surface area contributed by atoms with Crippen molar-refractivity contribution >= 4 is 11.8 Å². The van der Waals surface area contributed by atoms with Gasteiger partial charge in [0.15, 0.2) is 0 Å². The molecule has 1 saturated heterocycles. The maximum absolute atomic E-state index is 12.8. The molecule has 27 heavy (non-hydrogen) atoms. The number of hydrogen-bond donors (Lipinski definition) is 0. The van der Waals surface area contributed by atoms with E-state index >= 15 is 0 Å². The quantitative estimate of drug-likeness (QED) is 0.833. The number of amides is 2. The number of carbonyl (C=O) groups is 2. The smallest absolute Gasteiger partial charge is 0.259 e. The van der Waals surface area contributed by atoms with Gasteiger partial charge in [-0.2, -0.15) is 0 Å². The average molecular weight is 365 g/mol. The topological polar surface area (TPSA) is 62.7 Å². The second-order valence-electron chi connectivity index (χ2n) is 7.04. The number of benzene rings is 1. The van der Waals surface area contributed by atoms with Gasteiger partial charge in [-0.3, -0.25) is 9.59 Å². The lowest BCUT2D eigenvalue weighted by Gasteiger charge is -2.35. The molecule has 2 heterocycles. The highest BCUT2D eigenvalue weighted by atomic mass is 16.5. The van der Waals surface area contributed by atoms with Crippen molar-refractivity contribution < 1.29 is 14.3 Å². The molecule has 2 aromatic rings. The number of rotatable bonds is 4. The number of piperazine rings is 1. The normalized spacial score (nSPS) is 21.7. The SMILES string of the molecule is COc1ncccc1C(=O)N1CCN(C(=O)C2CC2c2ccccc2)CC1. The van der Waals surface area contributed by atoms with Crippen LogP contribution in [0.15, 0.2) is 48.7 Å². The number of aromatic nitrogens is 1. The summed E-state index contributed by atoms with van der Waals surface area (Å²) in [6.45, 7) is 2.22. The summed E-state index contributed by atoms with van der Waals surface area (Å²) in [7, 11) is 1.51. The maximum atomic E-state index is 12.8. The van der Waals surface area contributed by atoms with Crippen molar-refractivity contribution in [2.45, 2.75) is 12.3 Å². The maximum Gasteiger partial charge on any atom is 0.259 e. The van der Waals surface area contributed by atoms with E-state index in [0.717, 1.165) is 6.42 Å². The van der Waals surface area contributed by atoms with Crippen molar-refractivity contribution in [3.63, 3.8) is 0 Å². The molecule has 0 radical (unpaired) electrons. The van der Waals surface area contributed by atoms with Gasteiger partial charge in [0.1, 0.15) is 5.56 Å². The van der Waals surface area contributed by atoms with Gasteiger partial charge >= 0.3 is 0 Å². The Hall–Kier alpha value is -2.89. The molecule has 1 aromatic heterocycles. The molecular weight excluding hydrogens is 342 g/mol. The van der Waals surface area contributed by atoms with E-state index < -0.39 is 0 Å². The molecule has 0 bridgehead atoms. The summed E-state index contributed by atoms with van der Waals surface area (Å²) in [5.41, 5.74) is 1.71. The summed E-state index contributed by atoms with van der Waals surface area (Å²) in [6, 6.07) is 13.7. The first-order valence-corrected chi connectivity index (χ1v) is 9.31. The van der Waals surface area contributed by atoms with Crippen molar-refractivity contribution in [2.24, 2.45) is 5.92 Å². The van der Waals surface area contributed by atoms with Gasteiger partial charge in [-0.1, -0.05) is 30.3 Å². The van der Waals surface area contributed by atoms with Crippen LogP contribution in [-0.2, 0) is 4.79 Å². The van der Waals surface area contributed by atoms with Crippen LogP contribution in [0.3, 0.4) is 0 Å². The molecule has 6 heteroatoms. The lowest BCUT2D eigenvalue weighted by atomic mass is 10.1. The molecule has 2 fully saturated rings. The highest BCUT2D eigenvalue weighted by Crippen LogP contribution is 2.48. The van der Waals surface area contributed by atoms with Gasteiger partial charge in [0.05, 0.1) is 7.11 Å². The predicted molar refractivity (Wildman–Crippen MR) is 101 cm³/mol. The third-order valence-corrected chi connectivity index (χ3v) is 5.41. The second kappa shape index (κ2) is 7.39. The van der Waals surface area contributed by atoms with Crippen LogP contribution in [0.25, 0.3) is 0 Å². The third kappa shape index (κ3) is 3.52. The fraction of sp³-hybridized carbons (Fsp3) is 0.381. The Morgan fingerprint density at radius 2 is 1.70 bits per heavy atom. The number of methoxy groups -OCH3 is 1. The molecule has 1 saturated carbocycles. The van der Waals surface area contributed by atoms with Crippen LogP contribution in [0.2, 0.25) is 0 Å². The van der Waals surface area contributed by atoms with E-state index in [-0.39, 0.29) is 17.7 Å². The van der Waals surface area contributed by atoms with Crippen molar-refractivity contribution in [3.05, 3.63) is 59.8 Å². The number of nitrogens with zero attached hydrogens (tertiary/aromatic N) is 3. The molecule has 1 aliphatic heterocycles. The first-order chi connectivity index (χ1) is 13.2. The highest BCUT2D eigenvalue weighted by molar-refractivity contribution is 5.96. The Morgan fingerprint density at radius 3 is 2.41 bits per heavy atom. The molecule has 2 unspecified atom stereocenters. The number of ether oxygens (including phenoxy) is 1. The minimum Gasteiger partial charge on any atom is -0.480 e. The fourth-order valence-corrected chi connectivity index (χ4v) is 3.79. The molecular formula is C21H23N3O3. The van der Waals surface area contributed by atoms with E-state index in [4.69, 9.17) is 4.74 Å². The molecule has 1 aromatic carbocycles. The minimum absolute atomic E-state index is 0.0908. The Balaban J connectivity index is 1.34. The first-order valence-electron chi connectivity index (χ1n) is 9.31. The zero-order valence-electron chi connectivity index (χ0n) is 15.4. The molecule has 6 nitrogen and oxygen atoms in total. The van der Waals surface area contributed by atoms with Gasteiger partial charge in [0.2, 0.25) is 11.8 Å². The number of pyridine rings is 1. The standard InChI is InChI=1S/C21H23N3O3/c1-27-19-16(8-5-9-22-19)20(25)23-10-12-24(13-11-23)21(26)18-14-17(18)15-6-3-2-4-7-15/h2-9,17-18H,10-14H2,1H3. The second-order valence-corrected chi connectivity index (χ2v) is 7.04. The summed E-state index contributed by atoms with van der Waals surface area (Å²) >= 11 is 0. The van der Waals surface area contributed by atoms with E-state index in [2.05, 4.69) is 17.1 Å². The Kier molecular flexibility index (Phi) is 4.79. The Morgan fingerprint density at radius 1 is 1.00 bits per heavy atom. The zero-order valence-corrected chi connectivity index (χ0v) is 15.4. The van der Waals surface area contributed by atoms with Crippen molar-refractivity contribution in [1.82, 2.24) is 14.8 Å². The summed E-state index contributed by atoms with van der Waals surface area (Å²) in [6.07, 6.45) is 2.53. The Bertz CT molecular complexity index is 832. The van der Waals surface area contributed by atoms with Crippen LogP contribution in [-0.4, -0.2) is 59.9 Å². The summed E-state index contributed by atoms with van der Waals surface area (Å²) < 4.78 is 5.19. The van der Waals surface area contributed by atoms with E-state index in [1.165, 1.54) is 12.7 Å². The number of carbonyl (C=O) groups excluding carboxylic acids is 2. The molecule has 2 amide bonds. The Labute approximate surface area is 158 Å². The van der Waals surface area contributed by atoms with Crippen molar-refractivity contribution in [3.8, 4) is 5.88 Å². The lowest BCUT2D eigenvalue weighted by Crippen LogP contribution is -2.51. The van der Waals surface area contributed by atoms with Gasteiger partial charge in [-0.15, -0.1) is 0 Å². The third-order valence-electron chi connectivity index (χ3n) is 5.41. The van der Waals surface area contributed by atoms with Gasteiger partial charge in [-0.25, -0.2) is 4.98 Å². The number of hydrogen-bond acceptors (Lipinski definition) is 4. The van der Waals surface area contributed by atoms with Crippen LogP contribution in [0.5, 0.6) is 5.88 Å². The molecule has 2 atom stereocenters. The van der Waals surface area contributed by atoms with Gasteiger partial charge in [0.25, 0.3) is 5.91 Å². The van der Waals surface area contributed by atoms with Crippen LogP contribution >= 0.6 is 0 Å². The fourth-order valence-electron chi connectivity index (χ4n) is 3.79. The molecule has 0 N–H and O–H groups in total. The van der Waals surface area contributed by atoms with Crippen LogP contribution in [0, 0.1) is 5.92 Å². The highest BCUT2D eigenvalue weighted by Gasteiger charge is 2.46. The molecule has 140 valence electrons. The minimum atomic E-state index is -0.0966. The summed E-state index contributed by atoms with van der Waals surface area (Å²) in [4.78, 5) is 33.3. The average Bonchev–Trinajstić information content (AvgIpc) is 3.54. The van der Waals surface area contributed by atoms with Gasteiger partial charge in [0, 0.05) is 38.3 Å². The largest absolute Gasteiger partial charge is 0.480 e. The van der Waals surface area contributed by atoms with E-state index in [1.807, 2.05) is 23.1 Å². The summed E-state index contributed by atoms with van der Waals surface area (Å²) in [5, 5.41) is 0. The van der Waals surface area contributed by atoms with Crippen molar-refractivity contribution in [2.75, 3.05) is 33.3 Å². The van der Waals surface area contributed by atoms with Gasteiger partial charge in [-0.05, 0) is 30.0 Å². The van der Waals surface area contributed by atoms with Crippen LogP contribution < -0.4 is 4.74 Å². The van der Waals surface area contributed by atoms with Crippen LogP contribution in [0.4, 0.5) is 0 Å². The molecule has 1 aliphatic carbocycles. The molecule has 0 spiro atoms. The van der Waals surface area contributed by atoms with E-state index in [0.29, 0.717) is 43.5 Å². The van der Waals surface area contributed by atoms with E-state index in [9.17, 15) is 9.59 Å². The zero-order chi connectivity index (χ0) is 18.8. The van der Waals surface area contributed by atoms with Crippen LogP contribution in [0.1, 0.15) is 28.3 Å². The molecule has 2 aliphatic rings. The van der Waals surface area contributed by atoms with Crippen molar-refractivity contribution in [1.29, 1.82) is 0 Å². The first kappa shape index (κ1) is 17.5. The molecule has 4 rings (SSSR count). The summed E-state index contributed by atoms with van der Waals surface area (Å²) in [5.74, 6) is 0.895. The lowest BCUT2D eigenvalue weighted by molar-refractivity contribution is -0.134. The van der Waals surface area contributed by atoms with E-state index in [1.54, 1.807) is 23.2 Å².